The van der Waals surface area contributed by atoms with Gasteiger partial charge in [-0.3, -0.25) is 4.79 Å². The van der Waals surface area contributed by atoms with Crippen molar-refractivity contribution >= 4 is 23.5 Å². The number of thioether (sulfide) groups is 1. The lowest BCUT2D eigenvalue weighted by atomic mass is 10.2. The zero-order chi connectivity index (χ0) is 11.7. The molecule has 5 heteroatoms. The largest absolute Gasteiger partial charge is 0.462 e. The Balaban J connectivity index is 2.43. The molecule has 16 heavy (non-hydrogen) atoms. The number of hydrogen-bond donors (Lipinski definition) is 0. The van der Waals surface area contributed by atoms with Gasteiger partial charge in [0, 0.05) is 19.2 Å². The van der Waals surface area contributed by atoms with Crippen LogP contribution in [0, 0.1) is 0 Å². The molecule has 0 atom stereocenters. The van der Waals surface area contributed by atoms with Gasteiger partial charge < -0.3 is 9.30 Å². The number of esters is 1. The molecule has 0 saturated heterocycles. The quantitative estimate of drug-likeness (QED) is 0.597. The molecule has 86 valence electrons. The average Bonchev–Trinajstić information content (AvgIpc) is 2.76. The van der Waals surface area contributed by atoms with Crippen molar-refractivity contribution in [1.29, 1.82) is 0 Å². The van der Waals surface area contributed by atoms with Crippen LogP contribution in [0.4, 0.5) is 0 Å². The molecule has 0 N–H and O–H groups in total. The van der Waals surface area contributed by atoms with Crippen molar-refractivity contribution in [1.82, 2.24) is 4.57 Å². The van der Waals surface area contributed by atoms with Crippen molar-refractivity contribution in [2.75, 3.05) is 12.4 Å². The summed E-state index contributed by atoms with van der Waals surface area (Å²) in [5.41, 5.74) is 1.12. The van der Waals surface area contributed by atoms with Crippen LogP contribution >= 0.6 is 11.8 Å². The van der Waals surface area contributed by atoms with Crippen molar-refractivity contribution in [2.45, 2.75) is 25.4 Å². The highest BCUT2D eigenvalue weighted by atomic mass is 32.2. The number of fused-ring (bicyclic) bond motifs is 1. The Morgan fingerprint density at radius 1 is 1.56 bits per heavy atom. The van der Waals surface area contributed by atoms with Crippen molar-refractivity contribution in [3.05, 3.63) is 17.3 Å². The van der Waals surface area contributed by atoms with Crippen LogP contribution in [-0.4, -0.2) is 28.7 Å². The lowest BCUT2D eigenvalue weighted by Crippen LogP contribution is -2.04. The summed E-state index contributed by atoms with van der Waals surface area (Å²) in [5.74, 6) is 0.551. The standard InChI is InChI=1S/C11H13NO3S/c1-3-15-11(14)8-6-9(7(2)13)12-4-5-16-10(8)12/h6H,3-5H2,1-2H3. The van der Waals surface area contributed by atoms with Gasteiger partial charge in [0.25, 0.3) is 0 Å². The van der Waals surface area contributed by atoms with Crippen LogP contribution in [0.3, 0.4) is 0 Å². The van der Waals surface area contributed by atoms with Gasteiger partial charge in [-0.2, -0.15) is 0 Å². The van der Waals surface area contributed by atoms with E-state index >= 15 is 0 Å². The number of carbonyl (C=O) groups is 2. The molecular weight excluding hydrogens is 226 g/mol. The summed E-state index contributed by atoms with van der Waals surface area (Å²) in [6.45, 7) is 4.42. The molecule has 1 aromatic heterocycles. The van der Waals surface area contributed by atoms with Crippen LogP contribution < -0.4 is 0 Å². The minimum absolute atomic E-state index is 0.0145. The molecule has 4 nitrogen and oxygen atoms in total. The van der Waals surface area contributed by atoms with Gasteiger partial charge in [-0.1, -0.05) is 0 Å². The molecule has 0 spiro atoms. The van der Waals surface area contributed by atoms with E-state index < -0.39 is 0 Å². The van der Waals surface area contributed by atoms with E-state index in [4.69, 9.17) is 4.74 Å². The second kappa shape index (κ2) is 4.33. The molecule has 0 unspecified atom stereocenters. The van der Waals surface area contributed by atoms with Gasteiger partial charge in [-0.25, -0.2) is 4.79 Å². The molecule has 1 aromatic rings. The first-order valence-electron chi connectivity index (χ1n) is 5.19. The van der Waals surface area contributed by atoms with Crippen molar-refractivity contribution in [3.8, 4) is 0 Å². The van der Waals surface area contributed by atoms with Gasteiger partial charge in [0.1, 0.15) is 0 Å². The van der Waals surface area contributed by atoms with E-state index in [1.165, 1.54) is 6.92 Å². The van der Waals surface area contributed by atoms with Gasteiger partial charge >= 0.3 is 5.97 Å². The molecule has 0 fully saturated rings. The van der Waals surface area contributed by atoms with Gasteiger partial charge in [0.2, 0.25) is 0 Å². The van der Waals surface area contributed by atoms with Crippen LogP contribution in [0.1, 0.15) is 34.7 Å². The number of aromatic nitrogens is 1. The number of nitrogens with zero attached hydrogens (tertiary/aromatic N) is 1. The van der Waals surface area contributed by atoms with Crippen LogP contribution in [-0.2, 0) is 11.3 Å². The fourth-order valence-corrected chi connectivity index (χ4v) is 2.90. The average molecular weight is 239 g/mol. The van der Waals surface area contributed by atoms with E-state index in [-0.39, 0.29) is 11.8 Å². The molecule has 1 aliphatic heterocycles. The third-order valence-electron chi connectivity index (χ3n) is 2.46. The Hall–Kier alpha value is -1.23. The summed E-state index contributed by atoms with van der Waals surface area (Å²) in [4.78, 5) is 23.1. The van der Waals surface area contributed by atoms with E-state index in [2.05, 4.69) is 0 Å². The summed E-state index contributed by atoms with van der Waals surface area (Å²) in [6, 6.07) is 1.64. The molecular formula is C11H13NO3S. The molecule has 0 aromatic carbocycles. The number of Topliss-reactive ketones (excluding diaryl/α,β-unsaturated/α-hetero) is 1. The number of carbonyl (C=O) groups excluding carboxylic acids is 2. The maximum atomic E-state index is 11.7. The number of ether oxygens (including phenoxy) is 1. The topological polar surface area (TPSA) is 48.3 Å². The normalized spacial score (nSPS) is 13.6. The third-order valence-corrected chi connectivity index (χ3v) is 3.56. The predicted octanol–water partition coefficient (Wildman–Crippen LogP) is 1.97. The summed E-state index contributed by atoms with van der Waals surface area (Å²) in [5, 5.41) is 0.864. The maximum Gasteiger partial charge on any atom is 0.340 e. The number of hydrogen-bond acceptors (Lipinski definition) is 4. The van der Waals surface area contributed by atoms with Gasteiger partial charge in [0.15, 0.2) is 5.78 Å². The fourth-order valence-electron chi connectivity index (χ4n) is 1.79. The Bertz CT molecular complexity index is 450. The van der Waals surface area contributed by atoms with E-state index in [9.17, 15) is 9.59 Å². The molecule has 2 rings (SSSR count). The lowest BCUT2D eigenvalue weighted by molar-refractivity contribution is 0.0522. The predicted molar refractivity (Wildman–Crippen MR) is 61.1 cm³/mol. The molecule has 2 heterocycles. The molecule has 0 bridgehead atoms. The second-order valence-corrected chi connectivity index (χ2v) is 4.61. The first kappa shape index (κ1) is 11.3. The van der Waals surface area contributed by atoms with Gasteiger partial charge in [-0.15, -0.1) is 11.8 Å². The summed E-state index contributed by atoms with van der Waals surface area (Å²) >= 11 is 1.60. The van der Waals surface area contributed by atoms with Crippen molar-refractivity contribution in [2.24, 2.45) is 0 Å². The van der Waals surface area contributed by atoms with Crippen LogP contribution in [0.2, 0.25) is 0 Å². The number of ketones is 1. The Labute approximate surface area is 98.0 Å². The Morgan fingerprint density at radius 3 is 2.94 bits per heavy atom. The smallest absolute Gasteiger partial charge is 0.340 e. The summed E-state index contributed by atoms with van der Waals surface area (Å²) < 4.78 is 6.87. The zero-order valence-electron chi connectivity index (χ0n) is 9.28. The minimum atomic E-state index is -0.340. The highest BCUT2D eigenvalue weighted by Gasteiger charge is 2.26. The fraction of sp³-hybridized carbons (Fsp3) is 0.455. The molecule has 0 radical (unpaired) electrons. The van der Waals surface area contributed by atoms with E-state index in [0.717, 1.165) is 17.3 Å². The molecule has 0 amide bonds. The third kappa shape index (κ3) is 1.75. The first-order chi connectivity index (χ1) is 7.65. The first-order valence-corrected chi connectivity index (χ1v) is 6.18. The van der Waals surface area contributed by atoms with Gasteiger partial charge in [-0.05, 0) is 13.0 Å². The molecule has 0 saturated carbocycles. The number of rotatable bonds is 3. The second-order valence-electron chi connectivity index (χ2n) is 3.53. The molecule has 1 aliphatic rings. The van der Waals surface area contributed by atoms with Crippen LogP contribution in [0.5, 0.6) is 0 Å². The lowest BCUT2D eigenvalue weighted by Gasteiger charge is -2.01. The molecule has 0 aliphatic carbocycles. The highest BCUT2D eigenvalue weighted by molar-refractivity contribution is 7.99. The Kier molecular flexibility index (Phi) is 3.05. The van der Waals surface area contributed by atoms with Crippen molar-refractivity contribution in [3.63, 3.8) is 0 Å². The van der Waals surface area contributed by atoms with Crippen LogP contribution in [0.15, 0.2) is 11.1 Å². The highest BCUT2D eigenvalue weighted by Crippen LogP contribution is 2.33. The van der Waals surface area contributed by atoms with Crippen molar-refractivity contribution < 1.29 is 14.3 Å². The zero-order valence-corrected chi connectivity index (χ0v) is 10.1. The monoisotopic (exact) mass is 239 g/mol. The summed E-state index contributed by atoms with van der Waals surface area (Å²) in [6.07, 6.45) is 0. The maximum absolute atomic E-state index is 11.7. The van der Waals surface area contributed by atoms with E-state index in [1.54, 1.807) is 24.8 Å². The van der Waals surface area contributed by atoms with E-state index in [0.29, 0.717) is 17.9 Å². The summed E-state index contributed by atoms with van der Waals surface area (Å²) in [7, 11) is 0. The SMILES string of the molecule is CCOC(=O)c1cc(C(C)=O)n2c1SCC2. The van der Waals surface area contributed by atoms with Gasteiger partial charge in [0.05, 0.1) is 22.9 Å². The van der Waals surface area contributed by atoms with E-state index in [1.807, 2.05) is 4.57 Å². The minimum Gasteiger partial charge on any atom is -0.462 e. The Morgan fingerprint density at radius 2 is 2.31 bits per heavy atom. The van der Waals surface area contributed by atoms with Crippen LogP contribution in [0.25, 0.3) is 0 Å².